The van der Waals surface area contributed by atoms with Crippen molar-refractivity contribution in [2.75, 3.05) is 31.1 Å². The van der Waals surface area contributed by atoms with Gasteiger partial charge in [-0.25, -0.2) is 4.98 Å². The van der Waals surface area contributed by atoms with Gasteiger partial charge in [0.05, 0.1) is 0 Å². The summed E-state index contributed by atoms with van der Waals surface area (Å²) < 4.78 is 2.11. The Bertz CT molecular complexity index is 321. The van der Waals surface area contributed by atoms with E-state index in [4.69, 9.17) is 0 Å². The summed E-state index contributed by atoms with van der Waals surface area (Å²) in [5.41, 5.74) is 0. The summed E-state index contributed by atoms with van der Waals surface area (Å²) in [5.74, 6) is 1.88. The Morgan fingerprint density at radius 2 is 2.44 bits per heavy atom. The summed E-state index contributed by atoms with van der Waals surface area (Å²) in [7, 11) is 2.07. The van der Waals surface area contributed by atoms with E-state index in [1.54, 1.807) is 0 Å². The fourth-order valence-corrected chi connectivity index (χ4v) is 2.42. The molecule has 1 aromatic rings. The van der Waals surface area contributed by atoms with E-state index >= 15 is 0 Å². The molecule has 1 atom stereocenters. The highest BCUT2D eigenvalue weighted by Gasteiger charge is 2.21. The Kier molecular flexibility index (Phi) is 3.83. The number of hydrogen-bond acceptors (Lipinski definition) is 3. The molecule has 0 radical (unpaired) electrons. The molecule has 1 aliphatic heterocycles. The van der Waals surface area contributed by atoms with Crippen molar-refractivity contribution in [2.45, 2.75) is 19.8 Å². The van der Waals surface area contributed by atoms with E-state index in [9.17, 15) is 0 Å². The van der Waals surface area contributed by atoms with Crippen molar-refractivity contribution in [3.05, 3.63) is 12.4 Å². The molecule has 1 aromatic heterocycles. The van der Waals surface area contributed by atoms with Gasteiger partial charge in [0.2, 0.25) is 5.95 Å². The standard InChI is InChI=1S/C12H22N4/c1-3-13-9-11-5-4-7-16(10-11)12-14-6-8-15(12)2/h6,8,11,13H,3-5,7,9-10H2,1-2H3. The number of aromatic nitrogens is 2. The van der Waals surface area contributed by atoms with Gasteiger partial charge in [0.25, 0.3) is 0 Å². The molecule has 2 rings (SSSR count). The lowest BCUT2D eigenvalue weighted by atomic mass is 9.98. The van der Waals surface area contributed by atoms with Gasteiger partial charge in [-0.1, -0.05) is 6.92 Å². The van der Waals surface area contributed by atoms with Crippen molar-refractivity contribution in [2.24, 2.45) is 13.0 Å². The van der Waals surface area contributed by atoms with E-state index < -0.39 is 0 Å². The second kappa shape index (κ2) is 5.34. The maximum absolute atomic E-state index is 4.42. The Balaban J connectivity index is 1.94. The van der Waals surface area contributed by atoms with Gasteiger partial charge in [-0.05, 0) is 31.8 Å². The van der Waals surface area contributed by atoms with E-state index in [0.717, 1.165) is 38.0 Å². The van der Waals surface area contributed by atoms with Crippen LogP contribution in [0.1, 0.15) is 19.8 Å². The monoisotopic (exact) mass is 222 g/mol. The lowest BCUT2D eigenvalue weighted by Gasteiger charge is -2.33. The first-order valence-electron chi connectivity index (χ1n) is 6.24. The number of nitrogens with zero attached hydrogens (tertiary/aromatic N) is 3. The average Bonchev–Trinajstić information content (AvgIpc) is 2.73. The average molecular weight is 222 g/mol. The minimum absolute atomic E-state index is 0.769. The lowest BCUT2D eigenvalue weighted by Crippen LogP contribution is -2.40. The molecule has 0 aliphatic carbocycles. The van der Waals surface area contributed by atoms with Gasteiger partial charge in [-0.3, -0.25) is 0 Å². The Morgan fingerprint density at radius 3 is 3.12 bits per heavy atom. The van der Waals surface area contributed by atoms with Crippen LogP contribution in [0.5, 0.6) is 0 Å². The van der Waals surface area contributed by atoms with Crippen LogP contribution in [0, 0.1) is 5.92 Å². The molecule has 4 heteroatoms. The molecule has 1 saturated heterocycles. The molecular formula is C12H22N4. The van der Waals surface area contributed by atoms with Gasteiger partial charge in [0.1, 0.15) is 0 Å². The van der Waals surface area contributed by atoms with Crippen molar-refractivity contribution in [1.82, 2.24) is 14.9 Å². The van der Waals surface area contributed by atoms with Gasteiger partial charge < -0.3 is 14.8 Å². The van der Waals surface area contributed by atoms with Crippen LogP contribution in [0.25, 0.3) is 0 Å². The minimum atomic E-state index is 0.769. The summed E-state index contributed by atoms with van der Waals surface area (Å²) in [6, 6.07) is 0. The highest BCUT2D eigenvalue weighted by Crippen LogP contribution is 2.20. The summed E-state index contributed by atoms with van der Waals surface area (Å²) in [5, 5.41) is 3.44. The summed E-state index contributed by atoms with van der Waals surface area (Å²) in [6.07, 6.45) is 6.52. The SMILES string of the molecule is CCNCC1CCCN(c2nccn2C)C1. The largest absolute Gasteiger partial charge is 0.342 e. The van der Waals surface area contributed by atoms with Crippen LogP contribution in [0.2, 0.25) is 0 Å². The molecule has 0 aromatic carbocycles. The van der Waals surface area contributed by atoms with Crippen molar-refractivity contribution in [1.29, 1.82) is 0 Å². The van der Waals surface area contributed by atoms with E-state index in [1.807, 2.05) is 12.4 Å². The fraction of sp³-hybridized carbons (Fsp3) is 0.750. The third-order valence-corrected chi connectivity index (χ3v) is 3.28. The lowest BCUT2D eigenvalue weighted by molar-refractivity contribution is 0.391. The van der Waals surface area contributed by atoms with Crippen LogP contribution in [-0.2, 0) is 7.05 Å². The first-order chi connectivity index (χ1) is 7.81. The van der Waals surface area contributed by atoms with Crippen LogP contribution in [0.3, 0.4) is 0 Å². The molecule has 2 heterocycles. The van der Waals surface area contributed by atoms with Crippen LogP contribution < -0.4 is 10.2 Å². The fourth-order valence-electron chi connectivity index (χ4n) is 2.42. The third-order valence-electron chi connectivity index (χ3n) is 3.28. The number of rotatable bonds is 4. The predicted octanol–water partition coefficient (Wildman–Crippen LogP) is 1.25. The summed E-state index contributed by atoms with van der Waals surface area (Å²) >= 11 is 0. The van der Waals surface area contributed by atoms with Gasteiger partial charge in [-0.2, -0.15) is 0 Å². The predicted molar refractivity (Wildman–Crippen MR) is 66.7 cm³/mol. The van der Waals surface area contributed by atoms with Crippen molar-refractivity contribution in [3.63, 3.8) is 0 Å². The molecule has 1 fully saturated rings. The molecule has 4 nitrogen and oxygen atoms in total. The van der Waals surface area contributed by atoms with Gasteiger partial charge in [0.15, 0.2) is 0 Å². The zero-order valence-electron chi connectivity index (χ0n) is 10.3. The number of anilines is 1. The maximum atomic E-state index is 4.42. The molecule has 1 N–H and O–H groups in total. The molecule has 0 amide bonds. The Hall–Kier alpha value is -1.03. The number of piperidine rings is 1. The number of imidazole rings is 1. The first kappa shape index (κ1) is 11.5. The first-order valence-corrected chi connectivity index (χ1v) is 6.24. The molecule has 16 heavy (non-hydrogen) atoms. The zero-order valence-corrected chi connectivity index (χ0v) is 10.3. The highest BCUT2D eigenvalue weighted by molar-refractivity contribution is 5.31. The summed E-state index contributed by atoms with van der Waals surface area (Å²) in [4.78, 5) is 6.83. The van der Waals surface area contributed by atoms with E-state index in [1.165, 1.54) is 12.8 Å². The van der Waals surface area contributed by atoms with Crippen LogP contribution in [0.4, 0.5) is 5.95 Å². The van der Waals surface area contributed by atoms with E-state index in [-0.39, 0.29) is 0 Å². The summed E-state index contributed by atoms with van der Waals surface area (Å²) in [6.45, 7) is 6.65. The topological polar surface area (TPSA) is 33.1 Å². The second-order valence-electron chi connectivity index (χ2n) is 4.60. The Morgan fingerprint density at radius 1 is 1.56 bits per heavy atom. The second-order valence-corrected chi connectivity index (χ2v) is 4.60. The quantitative estimate of drug-likeness (QED) is 0.832. The molecule has 0 bridgehead atoms. The number of nitrogens with one attached hydrogen (secondary N) is 1. The normalized spacial score (nSPS) is 21.4. The van der Waals surface area contributed by atoms with Gasteiger partial charge >= 0.3 is 0 Å². The molecule has 90 valence electrons. The number of hydrogen-bond donors (Lipinski definition) is 1. The van der Waals surface area contributed by atoms with Crippen LogP contribution >= 0.6 is 0 Å². The minimum Gasteiger partial charge on any atom is -0.342 e. The zero-order chi connectivity index (χ0) is 11.4. The molecule has 1 unspecified atom stereocenters. The van der Waals surface area contributed by atoms with Crippen molar-refractivity contribution >= 4 is 5.95 Å². The van der Waals surface area contributed by atoms with E-state index in [2.05, 4.69) is 33.7 Å². The third kappa shape index (κ3) is 2.55. The van der Waals surface area contributed by atoms with Crippen molar-refractivity contribution < 1.29 is 0 Å². The molecular weight excluding hydrogens is 200 g/mol. The molecule has 0 saturated carbocycles. The van der Waals surface area contributed by atoms with Crippen molar-refractivity contribution in [3.8, 4) is 0 Å². The Labute approximate surface area is 97.7 Å². The number of aryl methyl sites for hydroxylation is 1. The van der Waals surface area contributed by atoms with E-state index in [0.29, 0.717) is 0 Å². The van der Waals surface area contributed by atoms with Gasteiger partial charge in [0, 0.05) is 32.5 Å². The van der Waals surface area contributed by atoms with Crippen LogP contribution in [-0.4, -0.2) is 35.7 Å². The molecule has 1 aliphatic rings. The van der Waals surface area contributed by atoms with Gasteiger partial charge in [-0.15, -0.1) is 0 Å². The molecule has 0 spiro atoms. The highest BCUT2D eigenvalue weighted by atomic mass is 15.3. The van der Waals surface area contributed by atoms with Crippen LogP contribution in [0.15, 0.2) is 12.4 Å². The smallest absolute Gasteiger partial charge is 0.205 e. The maximum Gasteiger partial charge on any atom is 0.205 e.